The number of aromatic nitrogens is 3. The van der Waals surface area contributed by atoms with Crippen molar-refractivity contribution in [2.24, 2.45) is 5.73 Å². The van der Waals surface area contributed by atoms with Crippen LogP contribution in [0.1, 0.15) is 13.8 Å². The van der Waals surface area contributed by atoms with Gasteiger partial charge in [-0.25, -0.2) is 14.3 Å². The first kappa shape index (κ1) is 20.9. The van der Waals surface area contributed by atoms with Crippen molar-refractivity contribution in [2.75, 3.05) is 44.2 Å². The van der Waals surface area contributed by atoms with Gasteiger partial charge in [0.1, 0.15) is 18.2 Å². The van der Waals surface area contributed by atoms with Crippen molar-refractivity contribution < 1.29 is 14.3 Å². The lowest BCUT2D eigenvalue weighted by molar-refractivity contribution is 0.0751. The second-order valence-corrected chi connectivity index (χ2v) is 7.68. The van der Waals surface area contributed by atoms with Gasteiger partial charge in [0.25, 0.3) is 0 Å². The number of carbonyl (C=O) groups excluding carboxylic acids is 1. The van der Waals surface area contributed by atoms with Gasteiger partial charge in [0.05, 0.1) is 12.3 Å². The van der Waals surface area contributed by atoms with Crippen molar-refractivity contribution in [2.45, 2.75) is 20.0 Å². The van der Waals surface area contributed by atoms with Crippen LogP contribution in [0.15, 0.2) is 42.7 Å². The minimum atomic E-state index is -0.255. The lowest BCUT2D eigenvalue weighted by atomic mass is 10.1. The normalized spacial score (nSPS) is 14.3. The molecule has 164 valence electrons. The van der Waals surface area contributed by atoms with E-state index in [9.17, 15) is 4.79 Å². The molecule has 2 N–H and O–H groups in total. The summed E-state index contributed by atoms with van der Waals surface area (Å²) < 4.78 is 12.6. The lowest BCUT2D eigenvalue weighted by Gasteiger charge is -2.35. The second-order valence-electron chi connectivity index (χ2n) is 7.68. The number of carbonyl (C=O) groups is 1. The number of ether oxygens (including phenoxy) is 2. The van der Waals surface area contributed by atoms with Crippen molar-refractivity contribution in [1.82, 2.24) is 19.5 Å². The average Bonchev–Trinajstić information content (AvgIpc) is 3.21. The summed E-state index contributed by atoms with van der Waals surface area (Å²) >= 11 is 0. The largest absolute Gasteiger partial charge is 0.492 e. The Labute approximate surface area is 181 Å². The van der Waals surface area contributed by atoms with Gasteiger partial charge >= 0.3 is 6.09 Å². The quantitative estimate of drug-likeness (QED) is 0.649. The number of piperazine rings is 1. The first-order valence-electron chi connectivity index (χ1n) is 10.5. The molecule has 0 spiro atoms. The van der Waals surface area contributed by atoms with Crippen LogP contribution in [0.4, 0.5) is 10.6 Å². The monoisotopic (exact) mass is 424 g/mol. The van der Waals surface area contributed by atoms with Gasteiger partial charge in [-0.1, -0.05) is 12.1 Å². The molecular formula is C22H28N6O3. The van der Waals surface area contributed by atoms with Crippen molar-refractivity contribution in [1.29, 1.82) is 0 Å². The van der Waals surface area contributed by atoms with Gasteiger partial charge < -0.3 is 25.0 Å². The molecule has 1 fully saturated rings. The maximum atomic E-state index is 12.1. The Morgan fingerprint density at radius 2 is 1.87 bits per heavy atom. The average molecular weight is 425 g/mol. The predicted molar refractivity (Wildman–Crippen MR) is 118 cm³/mol. The molecular weight excluding hydrogens is 396 g/mol. The van der Waals surface area contributed by atoms with E-state index in [1.54, 1.807) is 9.42 Å². The Hall–Kier alpha value is -3.33. The standard InChI is InChI=1S/C22H28N6O3/c1-16(2)31-22(29)27-12-10-26(11-13-27)20-7-9-28-21(25-20)19(15-24-28)17-3-5-18(6-4-17)30-14-8-23/h3-7,9,15-16H,8,10-14,23H2,1-2H3. The molecule has 0 saturated carbocycles. The van der Waals surface area contributed by atoms with Crippen LogP contribution in [0.2, 0.25) is 0 Å². The number of anilines is 1. The molecule has 31 heavy (non-hydrogen) atoms. The van der Waals surface area contributed by atoms with Crippen LogP contribution in [0.3, 0.4) is 0 Å². The number of nitrogens with zero attached hydrogens (tertiary/aromatic N) is 5. The van der Waals surface area contributed by atoms with E-state index in [-0.39, 0.29) is 12.2 Å². The Morgan fingerprint density at radius 3 is 2.55 bits per heavy atom. The molecule has 1 amide bonds. The minimum Gasteiger partial charge on any atom is -0.492 e. The highest BCUT2D eigenvalue weighted by atomic mass is 16.6. The molecule has 1 aliphatic rings. The van der Waals surface area contributed by atoms with Crippen LogP contribution >= 0.6 is 0 Å². The summed E-state index contributed by atoms with van der Waals surface area (Å²) in [6, 6.07) is 9.80. The van der Waals surface area contributed by atoms with E-state index < -0.39 is 0 Å². The fraction of sp³-hybridized carbons (Fsp3) is 0.409. The van der Waals surface area contributed by atoms with Crippen molar-refractivity contribution >= 4 is 17.6 Å². The smallest absolute Gasteiger partial charge is 0.410 e. The van der Waals surface area contributed by atoms with E-state index >= 15 is 0 Å². The summed E-state index contributed by atoms with van der Waals surface area (Å²) in [6.07, 6.45) is 3.37. The highest BCUT2D eigenvalue weighted by Crippen LogP contribution is 2.27. The molecule has 1 aromatic carbocycles. The zero-order valence-electron chi connectivity index (χ0n) is 17.9. The Morgan fingerprint density at radius 1 is 1.13 bits per heavy atom. The molecule has 3 aromatic rings. The van der Waals surface area contributed by atoms with Gasteiger partial charge in [0.2, 0.25) is 0 Å². The maximum Gasteiger partial charge on any atom is 0.410 e. The van der Waals surface area contributed by atoms with Crippen LogP contribution < -0.4 is 15.4 Å². The highest BCUT2D eigenvalue weighted by Gasteiger charge is 2.24. The number of nitrogens with two attached hydrogens (primary N) is 1. The molecule has 1 aliphatic heterocycles. The van der Waals surface area contributed by atoms with Gasteiger partial charge in [-0.05, 0) is 37.6 Å². The van der Waals surface area contributed by atoms with Crippen LogP contribution in [0.5, 0.6) is 5.75 Å². The van der Waals surface area contributed by atoms with Crippen molar-refractivity contribution in [3.05, 3.63) is 42.7 Å². The summed E-state index contributed by atoms with van der Waals surface area (Å²) in [7, 11) is 0. The van der Waals surface area contributed by atoms with Crippen LogP contribution in [-0.2, 0) is 4.74 Å². The molecule has 9 heteroatoms. The second kappa shape index (κ2) is 9.22. The zero-order chi connectivity index (χ0) is 21.8. The molecule has 3 heterocycles. The van der Waals surface area contributed by atoms with Crippen LogP contribution in [-0.4, -0.2) is 71.0 Å². The summed E-state index contributed by atoms with van der Waals surface area (Å²) in [6.45, 7) is 7.30. The van der Waals surface area contributed by atoms with E-state index in [1.807, 2.05) is 56.6 Å². The van der Waals surface area contributed by atoms with E-state index in [1.165, 1.54) is 0 Å². The molecule has 1 saturated heterocycles. The van der Waals surface area contributed by atoms with E-state index in [0.717, 1.165) is 28.3 Å². The number of benzene rings is 1. The maximum absolute atomic E-state index is 12.1. The number of fused-ring (bicyclic) bond motifs is 1. The Bertz CT molecular complexity index is 1030. The van der Waals surface area contributed by atoms with Crippen LogP contribution in [0, 0.1) is 0 Å². The number of amides is 1. The third kappa shape index (κ3) is 4.72. The molecule has 9 nitrogen and oxygen atoms in total. The first-order chi connectivity index (χ1) is 15.0. The van der Waals surface area contributed by atoms with Crippen LogP contribution in [0.25, 0.3) is 16.8 Å². The molecule has 0 radical (unpaired) electrons. The van der Waals surface area contributed by atoms with Gasteiger partial charge in [-0.15, -0.1) is 0 Å². The van der Waals surface area contributed by atoms with E-state index in [4.69, 9.17) is 20.2 Å². The lowest BCUT2D eigenvalue weighted by Crippen LogP contribution is -2.49. The molecule has 0 unspecified atom stereocenters. The van der Waals surface area contributed by atoms with Gasteiger partial charge in [0, 0.05) is 44.5 Å². The van der Waals surface area contributed by atoms with Gasteiger partial charge in [0.15, 0.2) is 5.65 Å². The zero-order valence-corrected chi connectivity index (χ0v) is 17.9. The first-order valence-corrected chi connectivity index (χ1v) is 10.5. The minimum absolute atomic E-state index is 0.115. The number of hydrogen-bond donors (Lipinski definition) is 1. The summed E-state index contributed by atoms with van der Waals surface area (Å²) in [5.74, 6) is 1.65. The summed E-state index contributed by atoms with van der Waals surface area (Å²) in [5.41, 5.74) is 8.24. The van der Waals surface area contributed by atoms with Crippen molar-refractivity contribution in [3.63, 3.8) is 0 Å². The molecule has 2 aromatic heterocycles. The van der Waals surface area contributed by atoms with Gasteiger partial charge in [-0.3, -0.25) is 0 Å². The van der Waals surface area contributed by atoms with Crippen molar-refractivity contribution in [3.8, 4) is 16.9 Å². The summed E-state index contributed by atoms with van der Waals surface area (Å²) in [4.78, 5) is 20.9. The molecule has 0 aliphatic carbocycles. The SMILES string of the molecule is CC(C)OC(=O)N1CCN(c2ccn3ncc(-c4ccc(OCCN)cc4)c3n2)CC1. The number of rotatable bonds is 6. The molecule has 0 atom stereocenters. The third-order valence-corrected chi connectivity index (χ3v) is 5.10. The fourth-order valence-electron chi connectivity index (χ4n) is 3.54. The van der Waals surface area contributed by atoms with Gasteiger partial charge in [-0.2, -0.15) is 5.10 Å². The fourth-order valence-corrected chi connectivity index (χ4v) is 3.54. The Balaban J connectivity index is 1.49. The molecule has 0 bridgehead atoms. The molecule has 4 rings (SSSR count). The number of hydrogen-bond acceptors (Lipinski definition) is 7. The predicted octanol–water partition coefficient (Wildman–Crippen LogP) is 2.40. The highest BCUT2D eigenvalue weighted by molar-refractivity contribution is 5.78. The Kier molecular flexibility index (Phi) is 6.22. The topological polar surface area (TPSA) is 98.2 Å². The summed E-state index contributed by atoms with van der Waals surface area (Å²) in [5, 5.41) is 4.43. The van der Waals surface area contributed by atoms with E-state index in [2.05, 4.69) is 10.00 Å². The third-order valence-electron chi connectivity index (χ3n) is 5.10. The van der Waals surface area contributed by atoms with E-state index in [0.29, 0.717) is 39.3 Å².